The molecule has 0 bridgehead atoms. The Morgan fingerprint density at radius 1 is 1.03 bits per heavy atom. The standard InChI is InChI=1S/C30H32N2O3/c1-21(26-13-7-11-22-10-5-6-12-27(22)26)31-18-24-16-17-32(19-25-14-15-29(35-25)30(33)34)20-28(24)23-8-3-2-4-9-23/h2-15,21,24,28,31H,16-20H2,1H3,(H,33,34)/t21-,24?,28?/m1/s1. The van der Waals surface area contributed by atoms with E-state index in [1.54, 1.807) is 6.07 Å². The number of fused-ring (bicyclic) bond motifs is 1. The molecular formula is C30H32N2O3. The minimum atomic E-state index is -1.02. The molecule has 1 saturated heterocycles. The predicted molar refractivity (Wildman–Crippen MR) is 139 cm³/mol. The van der Waals surface area contributed by atoms with Gasteiger partial charge in [-0.05, 0) is 66.4 Å². The van der Waals surface area contributed by atoms with Gasteiger partial charge in [-0.1, -0.05) is 72.8 Å². The van der Waals surface area contributed by atoms with Crippen LogP contribution in [0.5, 0.6) is 0 Å². The highest BCUT2D eigenvalue weighted by Gasteiger charge is 2.31. The molecule has 5 nitrogen and oxygen atoms in total. The minimum absolute atomic E-state index is 0.00104. The largest absolute Gasteiger partial charge is 0.475 e. The normalized spacial score (nSPS) is 19.6. The van der Waals surface area contributed by atoms with Gasteiger partial charge < -0.3 is 14.8 Å². The molecule has 180 valence electrons. The van der Waals surface area contributed by atoms with Gasteiger partial charge in [-0.2, -0.15) is 0 Å². The fourth-order valence-electron chi connectivity index (χ4n) is 5.40. The second-order valence-corrected chi connectivity index (χ2v) is 9.57. The Hall–Kier alpha value is -3.41. The quantitative estimate of drug-likeness (QED) is 0.328. The van der Waals surface area contributed by atoms with E-state index in [2.05, 4.69) is 89.9 Å². The lowest BCUT2D eigenvalue weighted by atomic mass is 9.80. The van der Waals surface area contributed by atoms with E-state index in [1.165, 1.54) is 28.0 Å². The maximum atomic E-state index is 11.2. The average molecular weight is 469 g/mol. The molecule has 35 heavy (non-hydrogen) atoms. The Morgan fingerprint density at radius 3 is 2.60 bits per heavy atom. The van der Waals surface area contributed by atoms with E-state index >= 15 is 0 Å². The molecule has 3 aromatic carbocycles. The third-order valence-electron chi connectivity index (χ3n) is 7.30. The van der Waals surface area contributed by atoms with Crippen molar-refractivity contribution in [2.45, 2.75) is 31.8 Å². The van der Waals surface area contributed by atoms with Crippen molar-refractivity contribution >= 4 is 16.7 Å². The van der Waals surface area contributed by atoms with Crippen LogP contribution < -0.4 is 5.32 Å². The van der Waals surface area contributed by atoms with E-state index in [9.17, 15) is 4.79 Å². The van der Waals surface area contributed by atoms with E-state index in [1.807, 2.05) is 0 Å². The van der Waals surface area contributed by atoms with Crippen LogP contribution in [0.3, 0.4) is 0 Å². The first-order chi connectivity index (χ1) is 17.1. The average Bonchev–Trinajstić information content (AvgIpc) is 3.37. The lowest BCUT2D eigenvalue weighted by Gasteiger charge is -2.39. The molecule has 0 aliphatic carbocycles. The molecule has 0 radical (unpaired) electrons. The number of nitrogens with zero attached hydrogens (tertiary/aromatic N) is 1. The number of hydrogen-bond acceptors (Lipinski definition) is 4. The van der Waals surface area contributed by atoms with Crippen molar-refractivity contribution in [2.24, 2.45) is 5.92 Å². The molecular weight excluding hydrogens is 436 g/mol. The van der Waals surface area contributed by atoms with Gasteiger partial charge in [0, 0.05) is 18.5 Å². The van der Waals surface area contributed by atoms with E-state index < -0.39 is 5.97 Å². The Balaban J connectivity index is 1.29. The number of hydrogen-bond donors (Lipinski definition) is 2. The number of carboxylic acids is 1. The van der Waals surface area contributed by atoms with Gasteiger partial charge in [0.05, 0.1) is 6.54 Å². The van der Waals surface area contributed by atoms with E-state index in [-0.39, 0.29) is 11.8 Å². The highest BCUT2D eigenvalue weighted by Crippen LogP contribution is 2.34. The summed E-state index contributed by atoms with van der Waals surface area (Å²) in [5.41, 5.74) is 2.69. The van der Waals surface area contributed by atoms with Gasteiger partial charge in [-0.3, -0.25) is 4.90 Å². The molecule has 3 atom stereocenters. The number of benzene rings is 3. The Bertz CT molecular complexity index is 1280. The molecule has 5 heteroatoms. The van der Waals surface area contributed by atoms with E-state index in [4.69, 9.17) is 9.52 Å². The maximum Gasteiger partial charge on any atom is 0.371 e. The number of nitrogens with one attached hydrogen (secondary N) is 1. The molecule has 2 unspecified atom stereocenters. The van der Waals surface area contributed by atoms with Gasteiger partial charge in [0.15, 0.2) is 0 Å². The summed E-state index contributed by atoms with van der Waals surface area (Å²) >= 11 is 0. The second-order valence-electron chi connectivity index (χ2n) is 9.57. The summed E-state index contributed by atoms with van der Waals surface area (Å²) in [6.45, 7) is 5.71. The molecule has 0 amide bonds. The summed E-state index contributed by atoms with van der Waals surface area (Å²) < 4.78 is 5.53. The first kappa shape index (κ1) is 23.3. The summed E-state index contributed by atoms with van der Waals surface area (Å²) in [4.78, 5) is 13.6. The van der Waals surface area contributed by atoms with Crippen molar-refractivity contribution in [1.29, 1.82) is 0 Å². The van der Waals surface area contributed by atoms with Gasteiger partial charge in [0.2, 0.25) is 5.76 Å². The topological polar surface area (TPSA) is 65.7 Å². The van der Waals surface area contributed by atoms with E-state index in [0.717, 1.165) is 26.1 Å². The lowest BCUT2D eigenvalue weighted by Crippen LogP contribution is -2.42. The third-order valence-corrected chi connectivity index (χ3v) is 7.30. The fourth-order valence-corrected chi connectivity index (χ4v) is 5.40. The van der Waals surface area contributed by atoms with Crippen molar-refractivity contribution in [2.75, 3.05) is 19.6 Å². The number of carboxylic acid groups (broad SMARTS) is 1. The lowest BCUT2D eigenvalue weighted by molar-refractivity contribution is 0.0656. The second kappa shape index (κ2) is 10.5. The van der Waals surface area contributed by atoms with Crippen LogP contribution in [0.2, 0.25) is 0 Å². The Kier molecular flexibility index (Phi) is 6.98. The Labute approximate surface area is 206 Å². The molecule has 1 aliphatic heterocycles. The predicted octanol–water partition coefficient (Wildman–Crippen LogP) is 6.09. The minimum Gasteiger partial charge on any atom is -0.475 e. The molecule has 1 fully saturated rings. The zero-order valence-corrected chi connectivity index (χ0v) is 20.1. The summed E-state index contributed by atoms with van der Waals surface area (Å²) in [6.07, 6.45) is 1.07. The molecule has 5 rings (SSSR count). The number of piperidine rings is 1. The van der Waals surface area contributed by atoms with E-state index in [0.29, 0.717) is 24.1 Å². The number of rotatable bonds is 8. The van der Waals surface area contributed by atoms with Crippen LogP contribution >= 0.6 is 0 Å². The van der Waals surface area contributed by atoms with Crippen molar-refractivity contribution in [3.05, 3.63) is 108 Å². The fraction of sp³-hybridized carbons (Fsp3) is 0.300. The molecule has 1 aromatic heterocycles. The zero-order valence-electron chi connectivity index (χ0n) is 20.1. The zero-order chi connectivity index (χ0) is 24.2. The molecule has 2 heterocycles. The summed E-state index contributed by atoms with van der Waals surface area (Å²) in [5, 5.41) is 15.6. The van der Waals surface area contributed by atoms with Crippen LogP contribution in [-0.2, 0) is 6.54 Å². The summed E-state index contributed by atoms with van der Waals surface area (Å²) in [7, 11) is 0. The maximum absolute atomic E-state index is 11.2. The van der Waals surface area contributed by atoms with Crippen LogP contribution in [0.4, 0.5) is 0 Å². The van der Waals surface area contributed by atoms with Gasteiger partial charge in [-0.25, -0.2) is 4.79 Å². The van der Waals surface area contributed by atoms with Crippen LogP contribution in [0.25, 0.3) is 10.8 Å². The van der Waals surface area contributed by atoms with Crippen molar-refractivity contribution in [3.8, 4) is 0 Å². The number of furan rings is 1. The van der Waals surface area contributed by atoms with Gasteiger partial charge >= 0.3 is 5.97 Å². The first-order valence-corrected chi connectivity index (χ1v) is 12.4. The summed E-state index contributed by atoms with van der Waals surface area (Å²) in [5.74, 6) is 0.586. The van der Waals surface area contributed by atoms with Gasteiger partial charge in [0.1, 0.15) is 5.76 Å². The van der Waals surface area contributed by atoms with Crippen molar-refractivity contribution < 1.29 is 14.3 Å². The number of aromatic carboxylic acids is 1. The van der Waals surface area contributed by atoms with Crippen LogP contribution in [0, 0.1) is 5.92 Å². The third kappa shape index (κ3) is 5.31. The smallest absolute Gasteiger partial charge is 0.371 e. The highest BCUT2D eigenvalue weighted by molar-refractivity contribution is 5.86. The van der Waals surface area contributed by atoms with Crippen LogP contribution in [0.1, 0.15) is 52.7 Å². The molecule has 2 N–H and O–H groups in total. The number of carbonyl (C=O) groups is 1. The first-order valence-electron chi connectivity index (χ1n) is 12.4. The van der Waals surface area contributed by atoms with Crippen LogP contribution in [0.15, 0.2) is 89.3 Å². The van der Waals surface area contributed by atoms with Crippen molar-refractivity contribution in [3.63, 3.8) is 0 Å². The highest BCUT2D eigenvalue weighted by atomic mass is 16.4. The van der Waals surface area contributed by atoms with Gasteiger partial charge in [-0.15, -0.1) is 0 Å². The summed E-state index contributed by atoms with van der Waals surface area (Å²) in [6, 6.07) is 29.4. The molecule has 0 saturated carbocycles. The molecule has 0 spiro atoms. The Morgan fingerprint density at radius 2 is 1.80 bits per heavy atom. The van der Waals surface area contributed by atoms with Gasteiger partial charge in [0.25, 0.3) is 0 Å². The monoisotopic (exact) mass is 468 g/mol. The molecule has 4 aromatic rings. The van der Waals surface area contributed by atoms with Crippen molar-refractivity contribution in [1.82, 2.24) is 10.2 Å². The van der Waals surface area contributed by atoms with Crippen LogP contribution in [-0.4, -0.2) is 35.6 Å². The molecule has 1 aliphatic rings. The number of likely N-dealkylation sites (tertiary alicyclic amines) is 1. The SMILES string of the molecule is C[C@@H](NCC1CCN(Cc2ccc(C(=O)O)o2)CC1c1ccccc1)c1cccc2ccccc12.